The third-order valence-electron chi connectivity index (χ3n) is 6.97. The van der Waals surface area contributed by atoms with Gasteiger partial charge in [0.05, 0.1) is 12.5 Å². The second kappa shape index (κ2) is 8.91. The predicted octanol–water partition coefficient (Wildman–Crippen LogP) is 4.85. The first-order valence-electron chi connectivity index (χ1n) is 11.3. The molecule has 6 rings (SSSR count). The zero-order valence-electron chi connectivity index (χ0n) is 18.1. The van der Waals surface area contributed by atoms with Crippen molar-refractivity contribution in [2.45, 2.75) is 30.7 Å². The van der Waals surface area contributed by atoms with Crippen LogP contribution in [-0.4, -0.2) is 18.5 Å². The number of benzene rings is 3. The molecule has 3 aromatic carbocycles. The van der Waals surface area contributed by atoms with Crippen LogP contribution in [0.25, 0.3) is 0 Å². The lowest BCUT2D eigenvalue weighted by Crippen LogP contribution is -2.41. The van der Waals surface area contributed by atoms with Crippen LogP contribution in [0, 0.1) is 5.92 Å². The van der Waals surface area contributed by atoms with E-state index in [0.717, 1.165) is 6.42 Å². The zero-order valence-corrected chi connectivity index (χ0v) is 18.9. The Labute approximate surface area is 198 Å². The molecule has 5 nitrogen and oxygen atoms in total. The fourth-order valence-corrected chi connectivity index (χ4v) is 5.90. The summed E-state index contributed by atoms with van der Waals surface area (Å²) in [5, 5.41) is 6.26. The van der Waals surface area contributed by atoms with Gasteiger partial charge in [-0.15, -0.1) is 0 Å². The standard InChI is InChI=1S/C27H26ClN3O2/c28-23-12-6-5-11-21(23)24(31-27(29)33)14-25(32)30-15-16-13-22-17-7-1-3-9-19(17)26(16)20-10-4-2-8-18(20)22/h1-12,16,22,24,26H,13-15H2,(H,30,32)(H3,29,31,33)/t16-,22?,24+,26?/m1/s1. The van der Waals surface area contributed by atoms with E-state index in [-0.39, 0.29) is 18.2 Å². The lowest BCUT2D eigenvalue weighted by atomic mass is 9.59. The molecule has 0 unspecified atom stereocenters. The highest BCUT2D eigenvalue weighted by atomic mass is 35.5. The highest BCUT2D eigenvalue weighted by Gasteiger charge is 2.42. The molecule has 33 heavy (non-hydrogen) atoms. The van der Waals surface area contributed by atoms with E-state index < -0.39 is 12.1 Å². The van der Waals surface area contributed by atoms with Crippen molar-refractivity contribution in [3.05, 3.63) is 106 Å². The van der Waals surface area contributed by atoms with Crippen molar-refractivity contribution in [2.24, 2.45) is 11.7 Å². The molecule has 0 heterocycles. The molecule has 0 spiro atoms. The lowest BCUT2D eigenvalue weighted by molar-refractivity contribution is -0.121. The van der Waals surface area contributed by atoms with E-state index in [1.165, 1.54) is 22.3 Å². The average molecular weight is 460 g/mol. The van der Waals surface area contributed by atoms with Crippen LogP contribution in [0.5, 0.6) is 0 Å². The van der Waals surface area contributed by atoms with Crippen molar-refractivity contribution in [1.82, 2.24) is 10.6 Å². The molecule has 3 aliphatic carbocycles. The van der Waals surface area contributed by atoms with Gasteiger partial charge in [0, 0.05) is 23.4 Å². The summed E-state index contributed by atoms with van der Waals surface area (Å²) < 4.78 is 0. The second-order valence-corrected chi connectivity index (χ2v) is 9.28. The molecule has 0 aliphatic heterocycles. The SMILES string of the molecule is NC(=O)N[C@@H](CC(=O)NC[C@H]1CC2c3ccccc3C1c1ccccc12)c1ccccc1Cl. The Balaban J connectivity index is 1.32. The fraction of sp³-hybridized carbons (Fsp3) is 0.259. The van der Waals surface area contributed by atoms with Crippen LogP contribution in [0.3, 0.4) is 0 Å². The van der Waals surface area contributed by atoms with Gasteiger partial charge in [-0.25, -0.2) is 4.79 Å². The first-order chi connectivity index (χ1) is 16.0. The number of carbonyl (C=O) groups excluding carboxylic acids is 2. The number of carbonyl (C=O) groups is 2. The quantitative estimate of drug-likeness (QED) is 0.492. The summed E-state index contributed by atoms with van der Waals surface area (Å²) in [5.74, 6) is 0.797. The molecule has 2 atom stereocenters. The van der Waals surface area contributed by atoms with Crippen LogP contribution in [0.1, 0.15) is 58.5 Å². The summed E-state index contributed by atoms with van der Waals surface area (Å²) in [5.41, 5.74) is 11.6. The van der Waals surface area contributed by atoms with Crippen molar-refractivity contribution >= 4 is 23.5 Å². The number of amides is 3. The number of urea groups is 1. The summed E-state index contributed by atoms with van der Waals surface area (Å²) >= 11 is 6.30. The Bertz CT molecular complexity index is 1160. The van der Waals surface area contributed by atoms with Gasteiger partial charge >= 0.3 is 6.03 Å². The topological polar surface area (TPSA) is 84.2 Å². The maximum Gasteiger partial charge on any atom is 0.312 e. The van der Waals surface area contributed by atoms with E-state index in [0.29, 0.717) is 29.0 Å². The van der Waals surface area contributed by atoms with Crippen molar-refractivity contribution in [1.29, 1.82) is 0 Å². The van der Waals surface area contributed by atoms with E-state index in [4.69, 9.17) is 17.3 Å². The maximum absolute atomic E-state index is 12.9. The van der Waals surface area contributed by atoms with Gasteiger partial charge in [0.1, 0.15) is 0 Å². The largest absolute Gasteiger partial charge is 0.356 e. The molecular formula is C27H26ClN3O2. The summed E-state index contributed by atoms with van der Waals surface area (Å²) in [4.78, 5) is 24.5. The van der Waals surface area contributed by atoms with Gasteiger partial charge in [0.15, 0.2) is 0 Å². The Morgan fingerprint density at radius 3 is 2.09 bits per heavy atom. The first-order valence-corrected chi connectivity index (χ1v) is 11.7. The second-order valence-electron chi connectivity index (χ2n) is 8.87. The number of fused-ring (bicyclic) bond motifs is 1. The molecule has 0 saturated carbocycles. The van der Waals surface area contributed by atoms with Gasteiger partial charge in [-0.1, -0.05) is 78.3 Å². The van der Waals surface area contributed by atoms with Crippen LogP contribution in [0.2, 0.25) is 5.02 Å². The third-order valence-corrected chi connectivity index (χ3v) is 7.32. The van der Waals surface area contributed by atoms with Crippen molar-refractivity contribution < 1.29 is 9.59 Å². The highest BCUT2D eigenvalue weighted by Crippen LogP contribution is 2.55. The number of nitrogens with two attached hydrogens (primary N) is 1. The number of primary amides is 1. The Morgan fingerprint density at radius 2 is 1.48 bits per heavy atom. The van der Waals surface area contributed by atoms with Crippen molar-refractivity contribution in [2.75, 3.05) is 6.54 Å². The van der Waals surface area contributed by atoms with Crippen LogP contribution < -0.4 is 16.4 Å². The van der Waals surface area contributed by atoms with Crippen molar-refractivity contribution in [3.8, 4) is 0 Å². The minimum absolute atomic E-state index is 0.0701. The van der Waals surface area contributed by atoms with E-state index in [9.17, 15) is 9.59 Å². The molecule has 6 heteroatoms. The van der Waals surface area contributed by atoms with E-state index in [2.05, 4.69) is 59.2 Å². The van der Waals surface area contributed by atoms with Gasteiger partial charge in [-0.2, -0.15) is 0 Å². The first kappa shape index (κ1) is 21.5. The highest BCUT2D eigenvalue weighted by molar-refractivity contribution is 6.31. The van der Waals surface area contributed by atoms with E-state index in [1.807, 2.05) is 6.07 Å². The molecule has 0 radical (unpaired) electrons. The zero-order chi connectivity index (χ0) is 22.9. The van der Waals surface area contributed by atoms with Crippen LogP contribution in [0.15, 0.2) is 72.8 Å². The van der Waals surface area contributed by atoms with Crippen LogP contribution in [-0.2, 0) is 4.79 Å². The van der Waals surface area contributed by atoms with Crippen LogP contribution >= 0.6 is 11.6 Å². The summed E-state index contributed by atoms with van der Waals surface area (Å²) in [6.07, 6.45) is 1.08. The monoisotopic (exact) mass is 459 g/mol. The Hall–Kier alpha value is -3.31. The van der Waals surface area contributed by atoms with Gasteiger partial charge < -0.3 is 16.4 Å². The Morgan fingerprint density at radius 1 is 0.909 bits per heavy atom. The number of hydrogen-bond acceptors (Lipinski definition) is 2. The van der Waals surface area contributed by atoms with Gasteiger partial charge in [-0.05, 0) is 46.2 Å². The maximum atomic E-state index is 12.9. The number of hydrogen-bond donors (Lipinski definition) is 3. The normalized spacial score (nSPS) is 20.9. The minimum atomic E-state index is -0.689. The molecule has 2 bridgehead atoms. The smallest absolute Gasteiger partial charge is 0.312 e. The van der Waals surface area contributed by atoms with Crippen molar-refractivity contribution in [3.63, 3.8) is 0 Å². The Kier molecular flexibility index (Phi) is 5.81. The summed E-state index contributed by atoms with van der Waals surface area (Å²) in [6, 6.07) is 23.2. The van der Waals surface area contributed by atoms with Crippen LogP contribution in [0.4, 0.5) is 4.79 Å². The molecule has 0 saturated heterocycles. The molecule has 3 amide bonds. The molecular weight excluding hydrogens is 434 g/mol. The fourth-order valence-electron chi connectivity index (χ4n) is 5.63. The molecule has 0 fully saturated rings. The van der Waals surface area contributed by atoms with Gasteiger partial charge in [-0.3, -0.25) is 4.79 Å². The van der Waals surface area contributed by atoms with E-state index >= 15 is 0 Å². The molecule has 3 aliphatic rings. The summed E-state index contributed by atoms with van der Waals surface area (Å²) in [7, 11) is 0. The summed E-state index contributed by atoms with van der Waals surface area (Å²) in [6.45, 7) is 0.578. The third kappa shape index (κ3) is 4.09. The molecule has 168 valence electrons. The number of rotatable bonds is 6. The van der Waals surface area contributed by atoms with Gasteiger partial charge in [0.2, 0.25) is 5.91 Å². The predicted molar refractivity (Wildman–Crippen MR) is 129 cm³/mol. The van der Waals surface area contributed by atoms with E-state index in [1.54, 1.807) is 18.2 Å². The van der Waals surface area contributed by atoms with Gasteiger partial charge in [0.25, 0.3) is 0 Å². The molecule has 4 N–H and O–H groups in total. The average Bonchev–Trinajstić information content (AvgIpc) is 2.82. The minimum Gasteiger partial charge on any atom is -0.356 e. The number of nitrogens with one attached hydrogen (secondary N) is 2. The lowest BCUT2D eigenvalue weighted by Gasteiger charge is -2.45. The molecule has 3 aromatic rings. The number of halogens is 1. The molecule has 0 aromatic heterocycles.